The maximum absolute atomic E-state index is 13.8. The highest BCUT2D eigenvalue weighted by Crippen LogP contribution is 2.39. The van der Waals surface area contributed by atoms with Gasteiger partial charge in [-0.15, -0.1) is 0 Å². The highest BCUT2D eigenvalue weighted by atomic mass is 16.5. The van der Waals surface area contributed by atoms with Crippen LogP contribution in [0.25, 0.3) is 0 Å². The molecule has 2 aliphatic heterocycles. The molecule has 1 saturated heterocycles. The van der Waals surface area contributed by atoms with Crippen molar-refractivity contribution in [3.63, 3.8) is 0 Å². The van der Waals surface area contributed by atoms with Gasteiger partial charge < -0.3 is 20.3 Å². The Labute approximate surface area is 211 Å². The molecule has 4 rings (SSSR count). The lowest BCUT2D eigenvalue weighted by Gasteiger charge is -2.34. The normalized spacial score (nSPS) is 20.1. The van der Waals surface area contributed by atoms with Gasteiger partial charge in [0.05, 0.1) is 13.7 Å². The first-order chi connectivity index (χ1) is 17.2. The fourth-order valence-electron chi connectivity index (χ4n) is 4.92. The van der Waals surface area contributed by atoms with Crippen LogP contribution in [0.4, 0.5) is 4.79 Å². The van der Waals surface area contributed by atoms with E-state index >= 15 is 0 Å². The number of hydrogen-bond donors (Lipinski definition) is 1. The number of guanidine groups is 1. The minimum absolute atomic E-state index is 0.116. The van der Waals surface area contributed by atoms with Gasteiger partial charge in [0, 0.05) is 31.7 Å². The fraction of sp³-hybridized carbons (Fsp3) is 0.407. The van der Waals surface area contributed by atoms with E-state index in [0.29, 0.717) is 38.2 Å². The summed E-state index contributed by atoms with van der Waals surface area (Å²) in [6.07, 6.45) is 0.158. The third-order valence-electron chi connectivity index (χ3n) is 6.65. The standard InChI is InChI=1S/C27H33N5O4/c1-19(2)17-27(22-10-5-4-6-11-22)24(34)32(25(28)29-27)18-20-8-7-9-21(16-20)23(33)30-12-14-31(15-13-30)26(35)36-3/h4-11,16,19H,12-15,17-18H2,1-3H3,(H2,28,29)/t27-/m1/s1. The summed E-state index contributed by atoms with van der Waals surface area (Å²) in [5.41, 5.74) is 7.39. The summed E-state index contributed by atoms with van der Waals surface area (Å²) in [7, 11) is 1.35. The Balaban J connectivity index is 1.51. The van der Waals surface area contributed by atoms with Crippen molar-refractivity contribution in [3.05, 3.63) is 71.3 Å². The van der Waals surface area contributed by atoms with Gasteiger partial charge in [0.25, 0.3) is 11.8 Å². The van der Waals surface area contributed by atoms with Crippen LogP contribution in [-0.2, 0) is 21.6 Å². The number of nitrogens with zero attached hydrogens (tertiary/aromatic N) is 4. The summed E-state index contributed by atoms with van der Waals surface area (Å²) in [6.45, 7) is 6.04. The molecule has 0 bridgehead atoms. The average Bonchev–Trinajstić information content (AvgIpc) is 3.13. The number of hydrogen-bond acceptors (Lipinski definition) is 6. The molecule has 0 spiro atoms. The van der Waals surface area contributed by atoms with Crippen LogP contribution >= 0.6 is 0 Å². The van der Waals surface area contributed by atoms with E-state index in [1.165, 1.54) is 12.0 Å². The SMILES string of the molecule is COC(=O)N1CCN(C(=O)c2cccc(CN3C(=O)[C@@](CC(C)C)(c4ccccc4)N=C3N)c2)CC1. The van der Waals surface area contributed by atoms with Crippen LogP contribution in [0, 0.1) is 5.92 Å². The summed E-state index contributed by atoms with van der Waals surface area (Å²) in [6, 6.07) is 16.8. The molecule has 0 aliphatic carbocycles. The van der Waals surface area contributed by atoms with Crippen LogP contribution in [0.1, 0.15) is 41.8 Å². The number of benzene rings is 2. The summed E-state index contributed by atoms with van der Waals surface area (Å²) in [5.74, 6) is 0.135. The molecule has 0 radical (unpaired) electrons. The maximum atomic E-state index is 13.8. The summed E-state index contributed by atoms with van der Waals surface area (Å²) in [5, 5.41) is 0. The number of piperazine rings is 1. The number of ether oxygens (including phenoxy) is 1. The quantitative estimate of drug-likeness (QED) is 0.669. The average molecular weight is 492 g/mol. The number of nitrogens with two attached hydrogens (primary N) is 1. The first kappa shape index (κ1) is 25.2. The number of amides is 3. The van der Waals surface area contributed by atoms with Gasteiger partial charge in [0.1, 0.15) is 0 Å². The molecule has 36 heavy (non-hydrogen) atoms. The van der Waals surface area contributed by atoms with Crippen LogP contribution in [0.3, 0.4) is 0 Å². The monoisotopic (exact) mass is 491 g/mol. The zero-order valence-corrected chi connectivity index (χ0v) is 21.0. The van der Waals surface area contributed by atoms with E-state index < -0.39 is 5.54 Å². The molecule has 190 valence electrons. The van der Waals surface area contributed by atoms with Crippen LogP contribution in [0.2, 0.25) is 0 Å². The Bertz CT molecular complexity index is 1160. The Morgan fingerprint density at radius 2 is 1.69 bits per heavy atom. The van der Waals surface area contributed by atoms with Crippen LogP contribution in [-0.4, -0.2) is 71.9 Å². The second-order valence-electron chi connectivity index (χ2n) is 9.64. The molecule has 2 heterocycles. The fourth-order valence-corrected chi connectivity index (χ4v) is 4.92. The smallest absolute Gasteiger partial charge is 0.409 e. The van der Waals surface area contributed by atoms with E-state index in [0.717, 1.165) is 11.1 Å². The molecule has 9 heteroatoms. The third-order valence-corrected chi connectivity index (χ3v) is 6.65. The Kier molecular flexibility index (Phi) is 7.28. The molecule has 0 aromatic heterocycles. The zero-order chi connectivity index (χ0) is 25.9. The van der Waals surface area contributed by atoms with Crippen LogP contribution in [0.15, 0.2) is 59.6 Å². The van der Waals surface area contributed by atoms with Gasteiger partial charge in [-0.2, -0.15) is 0 Å². The van der Waals surface area contributed by atoms with E-state index in [4.69, 9.17) is 15.5 Å². The number of rotatable bonds is 6. The molecular formula is C27H33N5O4. The zero-order valence-electron chi connectivity index (χ0n) is 21.0. The lowest BCUT2D eigenvalue weighted by molar-refractivity contribution is -0.132. The summed E-state index contributed by atoms with van der Waals surface area (Å²) >= 11 is 0. The number of carbonyl (C=O) groups excluding carboxylic acids is 3. The maximum Gasteiger partial charge on any atom is 0.409 e. The molecule has 2 aromatic carbocycles. The van der Waals surface area contributed by atoms with Gasteiger partial charge in [0.15, 0.2) is 11.5 Å². The van der Waals surface area contributed by atoms with E-state index in [9.17, 15) is 14.4 Å². The number of aliphatic imine (C=N–C) groups is 1. The van der Waals surface area contributed by atoms with Crippen molar-refractivity contribution in [2.75, 3.05) is 33.3 Å². The van der Waals surface area contributed by atoms with E-state index in [-0.39, 0.29) is 36.3 Å². The van der Waals surface area contributed by atoms with E-state index in [1.54, 1.807) is 28.0 Å². The molecule has 2 aromatic rings. The Morgan fingerprint density at radius 1 is 1.03 bits per heavy atom. The molecule has 0 unspecified atom stereocenters. The predicted octanol–water partition coefficient (Wildman–Crippen LogP) is 2.81. The van der Waals surface area contributed by atoms with Crippen LogP contribution < -0.4 is 5.73 Å². The minimum atomic E-state index is -1.05. The number of carbonyl (C=O) groups is 3. The predicted molar refractivity (Wildman–Crippen MR) is 136 cm³/mol. The van der Waals surface area contributed by atoms with Gasteiger partial charge >= 0.3 is 6.09 Å². The van der Waals surface area contributed by atoms with Gasteiger partial charge in [-0.25, -0.2) is 9.79 Å². The second-order valence-corrected chi connectivity index (χ2v) is 9.64. The summed E-state index contributed by atoms with van der Waals surface area (Å²) < 4.78 is 4.76. The lowest BCUT2D eigenvalue weighted by atomic mass is 9.82. The molecule has 1 fully saturated rings. The Morgan fingerprint density at radius 3 is 2.33 bits per heavy atom. The highest BCUT2D eigenvalue weighted by molar-refractivity contribution is 6.07. The van der Waals surface area contributed by atoms with Crippen molar-refractivity contribution in [1.29, 1.82) is 0 Å². The molecule has 2 N–H and O–H groups in total. The molecule has 2 aliphatic rings. The molecular weight excluding hydrogens is 458 g/mol. The van der Waals surface area contributed by atoms with Gasteiger partial charge in [-0.1, -0.05) is 56.3 Å². The van der Waals surface area contributed by atoms with Crippen molar-refractivity contribution < 1.29 is 19.1 Å². The van der Waals surface area contributed by atoms with Crippen molar-refractivity contribution in [2.24, 2.45) is 16.6 Å². The first-order valence-electron chi connectivity index (χ1n) is 12.2. The van der Waals surface area contributed by atoms with E-state index in [1.807, 2.05) is 36.4 Å². The van der Waals surface area contributed by atoms with Gasteiger partial charge in [-0.3, -0.25) is 14.5 Å². The topological polar surface area (TPSA) is 109 Å². The van der Waals surface area contributed by atoms with Crippen molar-refractivity contribution >= 4 is 23.9 Å². The Hall–Kier alpha value is -3.88. The molecule has 3 amide bonds. The highest BCUT2D eigenvalue weighted by Gasteiger charge is 2.49. The largest absolute Gasteiger partial charge is 0.453 e. The second kappa shape index (κ2) is 10.4. The number of methoxy groups -OCH3 is 1. The molecule has 0 saturated carbocycles. The van der Waals surface area contributed by atoms with Crippen LogP contribution in [0.5, 0.6) is 0 Å². The van der Waals surface area contributed by atoms with Crippen molar-refractivity contribution in [1.82, 2.24) is 14.7 Å². The van der Waals surface area contributed by atoms with Crippen molar-refractivity contribution in [2.45, 2.75) is 32.4 Å². The molecule has 9 nitrogen and oxygen atoms in total. The lowest BCUT2D eigenvalue weighted by Crippen LogP contribution is -2.50. The van der Waals surface area contributed by atoms with Gasteiger partial charge in [0.2, 0.25) is 0 Å². The summed E-state index contributed by atoms with van der Waals surface area (Å²) in [4.78, 5) is 48.1. The molecule has 1 atom stereocenters. The van der Waals surface area contributed by atoms with E-state index in [2.05, 4.69) is 13.8 Å². The third kappa shape index (κ3) is 4.91. The van der Waals surface area contributed by atoms with Crippen molar-refractivity contribution in [3.8, 4) is 0 Å². The minimum Gasteiger partial charge on any atom is -0.453 e. The first-order valence-corrected chi connectivity index (χ1v) is 12.2. The van der Waals surface area contributed by atoms with Gasteiger partial charge in [-0.05, 0) is 35.6 Å².